The molecular formula is C25H28N4O3S. The van der Waals surface area contributed by atoms with E-state index in [2.05, 4.69) is 15.2 Å². The van der Waals surface area contributed by atoms with E-state index in [1.165, 1.54) is 17.3 Å². The van der Waals surface area contributed by atoms with Crippen molar-refractivity contribution in [2.24, 2.45) is 0 Å². The van der Waals surface area contributed by atoms with Crippen molar-refractivity contribution in [2.45, 2.75) is 56.5 Å². The summed E-state index contributed by atoms with van der Waals surface area (Å²) in [4.78, 5) is 32.3. The van der Waals surface area contributed by atoms with Gasteiger partial charge in [-0.1, -0.05) is 59.8 Å². The first-order valence-corrected chi connectivity index (χ1v) is 11.8. The van der Waals surface area contributed by atoms with Crippen molar-refractivity contribution < 1.29 is 14.3 Å². The minimum atomic E-state index is -0.620. The van der Waals surface area contributed by atoms with Gasteiger partial charge in [0, 0.05) is 11.3 Å². The van der Waals surface area contributed by atoms with Crippen molar-refractivity contribution >= 4 is 29.3 Å². The Morgan fingerprint density at radius 3 is 2.64 bits per heavy atom. The van der Waals surface area contributed by atoms with Crippen molar-refractivity contribution in [3.8, 4) is 11.4 Å². The van der Waals surface area contributed by atoms with Gasteiger partial charge >= 0.3 is 5.97 Å². The maximum absolute atomic E-state index is 13.6. The Balaban J connectivity index is 1.55. The molecule has 1 N–H and O–H groups in total. The average molecular weight is 465 g/mol. The summed E-state index contributed by atoms with van der Waals surface area (Å²) in [5, 5.41) is 7.38. The molecule has 1 atom stereocenters. The first-order valence-electron chi connectivity index (χ1n) is 11.0. The first-order chi connectivity index (χ1) is 15.7. The van der Waals surface area contributed by atoms with Crippen molar-refractivity contribution in [1.82, 2.24) is 15.2 Å². The van der Waals surface area contributed by atoms with Gasteiger partial charge in [-0.3, -0.25) is 19.6 Å². The summed E-state index contributed by atoms with van der Waals surface area (Å²) < 4.78 is 5.49. The number of hydrogen-bond donors (Lipinski definition) is 1. The van der Waals surface area contributed by atoms with Crippen LogP contribution in [0.3, 0.4) is 0 Å². The van der Waals surface area contributed by atoms with E-state index in [1.807, 2.05) is 76.2 Å². The van der Waals surface area contributed by atoms with Crippen LogP contribution < -0.4 is 4.90 Å². The molecule has 0 radical (unpaired) electrons. The van der Waals surface area contributed by atoms with Crippen molar-refractivity contribution in [3.63, 3.8) is 0 Å². The predicted molar refractivity (Wildman–Crippen MR) is 129 cm³/mol. The van der Waals surface area contributed by atoms with E-state index < -0.39 is 16.8 Å². The molecular weight excluding hydrogens is 436 g/mol. The van der Waals surface area contributed by atoms with Crippen molar-refractivity contribution in [3.05, 3.63) is 59.7 Å². The number of carbonyl (C=O) groups excluding carboxylic acids is 2. The molecule has 1 aromatic heterocycles. The Morgan fingerprint density at radius 1 is 1.18 bits per heavy atom. The number of amides is 1. The molecule has 0 spiro atoms. The monoisotopic (exact) mass is 464 g/mol. The topological polar surface area (TPSA) is 88.2 Å². The smallest absolute Gasteiger partial charge is 0.326 e. The highest BCUT2D eigenvalue weighted by Gasteiger charge is 2.34. The normalized spacial score (nSPS) is 16.3. The van der Waals surface area contributed by atoms with E-state index in [1.54, 1.807) is 4.90 Å². The quantitative estimate of drug-likeness (QED) is 0.557. The summed E-state index contributed by atoms with van der Waals surface area (Å²) in [5.41, 5.74) is 3.28. The maximum atomic E-state index is 13.6. The number of H-pyrrole nitrogens is 1. The Bertz CT molecular complexity index is 1150. The molecule has 1 aliphatic heterocycles. The molecule has 2 aromatic carbocycles. The number of carbonyl (C=O) groups is 2. The highest BCUT2D eigenvalue weighted by atomic mass is 32.2. The number of ether oxygens (including phenoxy) is 1. The van der Waals surface area contributed by atoms with Crippen LogP contribution in [-0.2, 0) is 20.7 Å². The van der Waals surface area contributed by atoms with Crippen molar-refractivity contribution in [2.75, 3.05) is 11.4 Å². The van der Waals surface area contributed by atoms with Crippen LogP contribution in [0.15, 0.2) is 53.7 Å². The Kier molecular flexibility index (Phi) is 6.56. The van der Waals surface area contributed by atoms with E-state index in [9.17, 15) is 9.59 Å². The van der Waals surface area contributed by atoms with Gasteiger partial charge in [-0.05, 0) is 52.2 Å². The zero-order chi connectivity index (χ0) is 23.6. The highest BCUT2D eigenvalue weighted by molar-refractivity contribution is 8.00. The number of thioether (sulfide) groups is 1. The standard InChI is InChI=1S/C25H28N4O3S/c1-16-9-11-18(12-10-16)22-26-24(28-27-22)33-20-14-13-17-7-5-6-8-19(17)29(23(20)31)15-21(30)32-25(2,3)4/h5-12,20H,13-15H2,1-4H3,(H,26,27,28)/t20-/m0/s1. The van der Waals surface area contributed by atoms with Gasteiger partial charge in [0.25, 0.3) is 0 Å². The summed E-state index contributed by atoms with van der Waals surface area (Å²) in [6, 6.07) is 15.7. The van der Waals surface area contributed by atoms with Crippen LogP contribution >= 0.6 is 11.8 Å². The van der Waals surface area contributed by atoms with Crippen LogP contribution in [0.5, 0.6) is 0 Å². The number of aromatic amines is 1. The lowest BCUT2D eigenvalue weighted by atomic mass is 10.1. The number of esters is 1. The fraction of sp³-hybridized carbons (Fsp3) is 0.360. The Labute approximate surface area is 197 Å². The van der Waals surface area contributed by atoms with Crippen LogP contribution in [0.2, 0.25) is 0 Å². The first kappa shape index (κ1) is 23.0. The Morgan fingerprint density at radius 2 is 1.91 bits per heavy atom. The molecule has 172 valence electrons. The molecule has 0 unspecified atom stereocenters. The number of hydrogen-bond acceptors (Lipinski definition) is 6. The summed E-state index contributed by atoms with van der Waals surface area (Å²) in [7, 11) is 0. The zero-order valence-electron chi connectivity index (χ0n) is 19.3. The van der Waals surface area contributed by atoms with Crippen LogP contribution in [0, 0.1) is 6.92 Å². The van der Waals surface area contributed by atoms with E-state index in [-0.39, 0.29) is 12.5 Å². The largest absolute Gasteiger partial charge is 0.459 e. The number of nitrogens with one attached hydrogen (secondary N) is 1. The fourth-order valence-corrected chi connectivity index (χ4v) is 4.69. The number of fused-ring (bicyclic) bond motifs is 1. The summed E-state index contributed by atoms with van der Waals surface area (Å²) in [6.07, 6.45) is 1.35. The molecule has 0 saturated carbocycles. The number of aromatic nitrogens is 3. The lowest BCUT2D eigenvalue weighted by molar-refractivity contribution is -0.153. The minimum absolute atomic E-state index is 0.132. The van der Waals surface area contributed by atoms with Crippen LogP contribution in [0.25, 0.3) is 11.4 Å². The van der Waals surface area contributed by atoms with E-state index in [4.69, 9.17) is 4.74 Å². The lowest BCUT2D eigenvalue weighted by Gasteiger charge is -2.26. The molecule has 8 heteroatoms. The SMILES string of the molecule is Cc1ccc(-c2nc(S[C@H]3CCc4ccccc4N(CC(=O)OC(C)(C)C)C3=O)n[nH]2)cc1. The van der Waals surface area contributed by atoms with Crippen LogP contribution in [-0.4, -0.2) is 44.5 Å². The molecule has 0 aliphatic carbocycles. The molecule has 1 aliphatic rings. The molecule has 4 rings (SSSR count). The number of anilines is 1. The number of nitrogens with zero attached hydrogens (tertiary/aromatic N) is 3. The third-order valence-electron chi connectivity index (χ3n) is 5.24. The van der Waals surface area contributed by atoms with E-state index in [0.717, 1.165) is 23.2 Å². The second-order valence-corrected chi connectivity index (χ2v) is 10.3. The fourth-order valence-electron chi connectivity index (χ4n) is 3.73. The molecule has 33 heavy (non-hydrogen) atoms. The van der Waals surface area contributed by atoms with Crippen LogP contribution in [0.4, 0.5) is 5.69 Å². The predicted octanol–water partition coefficient (Wildman–Crippen LogP) is 4.56. The molecule has 7 nitrogen and oxygen atoms in total. The lowest BCUT2D eigenvalue weighted by Crippen LogP contribution is -2.42. The number of aryl methyl sites for hydroxylation is 2. The van der Waals surface area contributed by atoms with Gasteiger partial charge in [0.05, 0.1) is 5.25 Å². The number of para-hydroxylation sites is 1. The van der Waals surface area contributed by atoms with Gasteiger partial charge in [-0.25, -0.2) is 4.98 Å². The van der Waals surface area contributed by atoms with Crippen molar-refractivity contribution in [1.29, 1.82) is 0 Å². The van der Waals surface area contributed by atoms with Gasteiger partial charge in [0.1, 0.15) is 12.1 Å². The number of benzene rings is 2. The molecule has 1 amide bonds. The third-order valence-corrected chi connectivity index (χ3v) is 6.36. The van der Waals surface area contributed by atoms with E-state index in [0.29, 0.717) is 17.4 Å². The van der Waals surface area contributed by atoms with Gasteiger partial charge in [-0.2, -0.15) is 0 Å². The van der Waals surface area contributed by atoms with Gasteiger partial charge < -0.3 is 4.74 Å². The third kappa shape index (κ3) is 5.63. The Hall–Kier alpha value is -3.13. The maximum Gasteiger partial charge on any atom is 0.326 e. The van der Waals surface area contributed by atoms with Gasteiger partial charge in [-0.15, -0.1) is 5.10 Å². The highest BCUT2D eigenvalue weighted by Crippen LogP contribution is 2.34. The zero-order valence-corrected chi connectivity index (χ0v) is 20.1. The molecule has 2 heterocycles. The molecule has 0 saturated heterocycles. The second kappa shape index (κ2) is 9.39. The van der Waals surface area contributed by atoms with Gasteiger partial charge in [0.2, 0.25) is 11.1 Å². The van der Waals surface area contributed by atoms with Gasteiger partial charge in [0.15, 0.2) is 5.82 Å². The van der Waals surface area contributed by atoms with Crippen LogP contribution in [0.1, 0.15) is 38.3 Å². The molecule has 0 bridgehead atoms. The average Bonchev–Trinajstić information content (AvgIpc) is 3.18. The summed E-state index contributed by atoms with van der Waals surface area (Å²) in [6.45, 7) is 7.35. The minimum Gasteiger partial charge on any atom is -0.459 e. The molecule has 0 fully saturated rings. The summed E-state index contributed by atoms with van der Waals surface area (Å²) in [5.74, 6) is 0.0841. The number of rotatable bonds is 5. The second-order valence-electron chi connectivity index (χ2n) is 9.12. The summed E-state index contributed by atoms with van der Waals surface area (Å²) >= 11 is 1.32. The molecule has 3 aromatic rings. The van der Waals surface area contributed by atoms with E-state index >= 15 is 0 Å².